The first-order valence-electron chi connectivity index (χ1n) is 22.8. The fourth-order valence-electron chi connectivity index (χ4n) is 9.97. The Balaban J connectivity index is 1.03. The van der Waals surface area contributed by atoms with Gasteiger partial charge >= 0.3 is 0 Å². The van der Waals surface area contributed by atoms with Crippen LogP contribution in [0.4, 0.5) is 17.1 Å². The second-order valence-electron chi connectivity index (χ2n) is 17.2. The molecule has 2 heterocycles. The molecule has 0 spiro atoms. The van der Waals surface area contributed by atoms with Crippen LogP contribution in [0, 0.1) is 0 Å². The lowest BCUT2D eigenvalue weighted by Crippen LogP contribution is -2.10. The van der Waals surface area contributed by atoms with E-state index in [4.69, 9.17) is 4.42 Å². The number of thiophene rings is 1. The monoisotopic (exact) mass is 871 g/mol. The van der Waals surface area contributed by atoms with Crippen LogP contribution >= 0.6 is 11.3 Å². The quantitative estimate of drug-likeness (QED) is 0.151. The first-order chi connectivity index (χ1) is 33.2. The Hall–Kier alpha value is -8.50. The lowest BCUT2D eigenvalue weighted by molar-refractivity contribution is 0.669. The van der Waals surface area contributed by atoms with Crippen molar-refractivity contribution in [2.75, 3.05) is 4.90 Å². The van der Waals surface area contributed by atoms with Gasteiger partial charge in [0.05, 0.1) is 5.69 Å². The van der Waals surface area contributed by atoms with Crippen LogP contribution in [-0.2, 0) is 0 Å². The minimum absolute atomic E-state index is 0.864. The molecule has 0 aliphatic heterocycles. The molecule has 0 atom stereocenters. The molecule has 0 bridgehead atoms. The summed E-state index contributed by atoms with van der Waals surface area (Å²) in [6, 6.07) is 90.2. The average Bonchev–Trinajstić information content (AvgIpc) is 3.98. The number of benzene rings is 11. The minimum Gasteiger partial charge on any atom is -0.456 e. The highest BCUT2D eigenvalue weighted by atomic mass is 32.1. The van der Waals surface area contributed by atoms with Gasteiger partial charge in [0.15, 0.2) is 0 Å². The van der Waals surface area contributed by atoms with E-state index in [1.165, 1.54) is 75.5 Å². The number of furan rings is 1. The predicted molar refractivity (Wildman–Crippen MR) is 286 cm³/mol. The van der Waals surface area contributed by atoms with Gasteiger partial charge < -0.3 is 9.32 Å². The topological polar surface area (TPSA) is 16.4 Å². The van der Waals surface area contributed by atoms with E-state index in [0.717, 1.165) is 50.1 Å². The van der Waals surface area contributed by atoms with Gasteiger partial charge in [0, 0.05) is 42.3 Å². The number of hydrogen-bond donors (Lipinski definition) is 0. The zero-order chi connectivity index (χ0) is 44.3. The van der Waals surface area contributed by atoms with Crippen LogP contribution in [0.25, 0.3) is 109 Å². The molecule has 0 saturated heterocycles. The molecule has 3 heteroatoms. The number of fused-ring (bicyclic) bond motifs is 7. The predicted octanol–water partition coefficient (Wildman–Crippen LogP) is 18.9. The Bertz CT molecular complexity index is 3950. The SMILES string of the molecule is c1ccc(-c2ccc3c(c2)oc2ccc(N(c4ccc(-c5cc6ccccc6cc5-c5ccccc5)cc4)c4ccc(-c5ccccc5)c5sc6cc(-c7ccccc7)ccc6c45)cc23)cc1. The van der Waals surface area contributed by atoms with Gasteiger partial charge in [-0.3, -0.25) is 0 Å². The molecule has 0 N–H and O–H groups in total. The molecular weight excluding hydrogens is 831 g/mol. The number of nitrogens with zero attached hydrogens (tertiary/aromatic N) is 1. The second-order valence-corrected chi connectivity index (χ2v) is 18.3. The Morgan fingerprint density at radius 2 is 0.821 bits per heavy atom. The smallest absolute Gasteiger partial charge is 0.136 e. The van der Waals surface area contributed by atoms with Gasteiger partial charge in [0.25, 0.3) is 0 Å². The summed E-state index contributed by atoms with van der Waals surface area (Å²) in [6.07, 6.45) is 0. The van der Waals surface area contributed by atoms with E-state index >= 15 is 0 Å². The third-order valence-corrected chi connectivity index (χ3v) is 14.4. The summed E-state index contributed by atoms with van der Waals surface area (Å²) in [5.41, 5.74) is 16.9. The molecular formula is C64H41NOS. The minimum atomic E-state index is 0.864. The van der Waals surface area contributed by atoms with Crippen molar-refractivity contribution in [1.82, 2.24) is 0 Å². The van der Waals surface area contributed by atoms with Crippen molar-refractivity contribution in [3.05, 3.63) is 249 Å². The van der Waals surface area contributed by atoms with Crippen LogP contribution in [0.3, 0.4) is 0 Å². The van der Waals surface area contributed by atoms with Crippen LogP contribution in [0.2, 0.25) is 0 Å². The maximum absolute atomic E-state index is 6.61. The highest BCUT2D eigenvalue weighted by Crippen LogP contribution is 2.50. The molecule has 0 saturated carbocycles. The molecule has 0 aliphatic rings. The summed E-state index contributed by atoms with van der Waals surface area (Å²) in [4.78, 5) is 2.45. The standard InChI is InChI=1S/C64H41NOS/c1-5-15-42(16-6-1)49-27-32-54-58-41-52(31-36-60(58)66-61(54)39-49)65(51-29-25-46(26-30-51)57-38-48-24-14-13-23-47(48)37-56(57)45-21-11-4-12-22-45)59-35-34-53(44-19-9-3-10-20-44)64-63(59)55-33-28-50(40-62(55)67-64)43-17-7-2-8-18-43/h1-41H. The maximum Gasteiger partial charge on any atom is 0.136 e. The van der Waals surface area contributed by atoms with E-state index in [0.29, 0.717) is 0 Å². The summed E-state index contributed by atoms with van der Waals surface area (Å²) in [6.45, 7) is 0. The molecule has 2 aromatic heterocycles. The highest BCUT2D eigenvalue weighted by molar-refractivity contribution is 7.26. The zero-order valence-electron chi connectivity index (χ0n) is 36.4. The normalized spacial score (nSPS) is 11.6. The first kappa shape index (κ1) is 38.9. The average molecular weight is 872 g/mol. The van der Waals surface area contributed by atoms with E-state index in [1.807, 2.05) is 11.3 Å². The maximum atomic E-state index is 6.61. The molecule has 0 amide bonds. The van der Waals surface area contributed by atoms with Crippen molar-refractivity contribution < 1.29 is 4.42 Å². The molecule has 314 valence electrons. The summed E-state index contributed by atoms with van der Waals surface area (Å²) >= 11 is 1.88. The molecule has 0 radical (unpaired) electrons. The summed E-state index contributed by atoms with van der Waals surface area (Å²) in [7, 11) is 0. The van der Waals surface area contributed by atoms with E-state index in [-0.39, 0.29) is 0 Å². The Labute approximate surface area is 392 Å². The molecule has 11 aromatic carbocycles. The molecule has 13 rings (SSSR count). The molecule has 2 nitrogen and oxygen atoms in total. The second kappa shape index (κ2) is 16.2. The van der Waals surface area contributed by atoms with Crippen molar-refractivity contribution in [2.45, 2.75) is 0 Å². The number of anilines is 3. The summed E-state index contributed by atoms with van der Waals surface area (Å²) in [5.74, 6) is 0. The number of hydrogen-bond acceptors (Lipinski definition) is 3. The Morgan fingerprint density at radius 3 is 1.45 bits per heavy atom. The summed E-state index contributed by atoms with van der Waals surface area (Å²) < 4.78 is 9.13. The van der Waals surface area contributed by atoms with Gasteiger partial charge in [0.1, 0.15) is 11.2 Å². The van der Waals surface area contributed by atoms with Gasteiger partial charge in [-0.25, -0.2) is 0 Å². The Kier molecular flexibility index (Phi) is 9.40. The molecule has 0 unspecified atom stereocenters. The van der Waals surface area contributed by atoms with Crippen molar-refractivity contribution >= 4 is 81.3 Å². The Morgan fingerprint density at radius 1 is 0.313 bits per heavy atom. The van der Waals surface area contributed by atoms with Crippen molar-refractivity contribution in [1.29, 1.82) is 0 Å². The van der Waals surface area contributed by atoms with Gasteiger partial charge in [-0.15, -0.1) is 11.3 Å². The fourth-order valence-corrected chi connectivity index (χ4v) is 11.3. The third-order valence-electron chi connectivity index (χ3n) is 13.3. The molecule has 13 aromatic rings. The van der Waals surface area contributed by atoms with Crippen molar-refractivity contribution in [3.63, 3.8) is 0 Å². The van der Waals surface area contributed by atoms with Crippen LogP contribution in [0.15, 0.2) is 253 Å². The third kappa shape index (κ3) is 6.88. The van der Waals surface area contributed by atoms with E-state index < -0.39 is 0 Å². The van der Waals surface area contributed by atoms with Crippen LogP contribution in [-0.4, -0.2) is 0 Å². The van der Waals surface area contributed by atoms with Crippen LogP contribution < -0.4 is 4.90 Å². The van der Waals surface area contributed by atoms with E-state index in [2.05, 4.69) is 254 Å². The van der Waals surface area contributed by atoms with E-state index in [1.54, 1.807) is 0 Å². The van der Waals surface area contributed by atoms with E-state index in [9.17, 15) is 0 Å². The van der Waals surface area contributed by atoms with Gasteiger partial charge in [0.2, 0.25) is 0 Å². The van der Waals surface area contributed by atoms with Gasteiger partial charge in [-0.1, -0.05) is 182 Å². The molecule has 67 heavy (non-hydrogen) atoms. The molecule has 0 fully saturated rings. The highest BCUT2D eigenvalue weighted by Gasteiger charge is 2.23. The van der Waals surface area contributed by atoms with Crippen LogP contribution in [0.5, 0.6) is 0 Å². The zero-order valence-corrected chi connectivity index (χ0v) is 37.3. The number of rotatable bonds is 8. The summed E-state index contributed by atoms with van der Waals surface area (Å²) in [5, 5.41) is 7.10. The first-order valence-corrected chi connectivity index (χ1v) is 23.6. The van der Waals surface area contributed by atoms with Crippen molar-refractivity contribution in [2.24, 2.45) is 0 Å². The van der Waals surface area contributed by atoms with Crippen LogP contribution in [0.1, 0.15) is 0 Å². The van der Waals surface area contributed by atoms with Crippen molar-refractivity contribution in [3.8, 4) is 55.6 Å². The fraction of sp³-hybridized carbons (Fsp3) is 0. The lowest BCUT2D eigenvalue weighted by atomic mass is 9.91. The molecule has 0 aliphatic carbocycles. The largest absolute Gasteiger partial charge is 0.456 e. The van der Waals surface area contributed by atoms with Gasteiger partial charge in [-0.2, -0.15) is 0 Å². The van der Waals surface area contributed by atoms with Gasteiger partial charge in [-0.05, 0) is 133 Å². The lowest BCUT2D eigenvalue weighted by Gasteiger charge is -2.27.